The maximum atomic E-state index is 12.0. The van der Waals surface area contributed by atoms with Crippen LogP contribution in [0.3, 0.4) is 0 Å². The second kappa shape index (κ2) is 6.50. The number of carbonyl (C=O) groups excluding carboxylic acids is 2. The average Bonchev–Trinajstić information content (AvgIpc) is 2.47. The first kappa shape index (κ1) is 13.0. The van der Waals surface area contributed by atoms with Crippen molar-refractivity contribution in [3.05, 3.63) is 66.2 Å². The predicted molar refractivity (Wildman–Crippen MR) is 71.7 cm³/mol. The first-order valence-corrected chi connectivity index (χ1v) is 5.95. The van der Waals surface area contributed by atoms with Crippen molar-refractivity contribution in [2.24, 2.45) is 0 Å². The Kier molecular flexibility index (Phi) is 4.45. The molecule has 0 aromatic heterocycles. The Morgan fingerprint density at radius 1 is 1.00 bits per heavy atom. The number of hydrogen-bond donors (Lipinski definition) is 0. The molecule has 2 aromatic carbocycles. The number of rotatable bonds is 6. The minimum absolute atomic E-state index is 0.160. The van der Waals surface area contributed by atoms with Gasteiger partial charge < -0.3 is 4.74 Å². The topological polar surface area (TPSA) is 43.4 Å². The highest BCUT2D eigenvalue weighted by Crippen LogP contribution is 2.12. The Morgan fingerprint density at radius 2 is 1.58 bits per heavy atom. The molecule has 0 amide bonds. The Balaban J connectivity index is 2.02. The van der Waals surface area contributed by atoms with E-state index in [4.69, 9.17) is 4.74 Å². The highest BCUT2D eigenvalue weighted by atomic mass is 16.5. The van der Waals surface area contributed by atoms with Crippen molar-refractivity contribution in [1.29, 1.82) is 0 Å². The third-order valence-corrected chi connectivity index (χ3v) is 2.62. The Labute approximate surface area is 111 Å². The smallest absolute Gasteiger partial charge is 0.250 e. The number of para-hydroxylation sites is 1. The number of hydrogen-bond acceptors (Lipinski definition) is 3. The van der Waals surface area contributed by atoms with E-state index in [0.717, 1.165) is 5.56 Å². The van der Waals surface area contributed by atoms with Crippen LogP contribution in [0.2, 0.25) is 0 Å². The monoisotopic (exact) mass is 253 g/mol. The number of ether oxygens (including phenoxy) is 1. The van der Waals surface area contributed by atoms with E-state index in [2.05, 4.69) is 0 Å². The van der Waals surface area contributed by atoms with Gasteiger partial charge in [-0.15, -0.1) is 0 Å². The van der Waals surface area contributed by atoms with Gasteiger partial charge in [-0.3, -0.25) is 9.59 Å². The molecular weight excluding hydrogens is 240 g/mol. The Bertz CT molecular complexity index is 534. The Hall–Kier alpha value is -2.42. The van der Waals surface area contributed by atoms with Gasteiger partial charge in [0.05, 0.1) is 0 Å². The molecule has 0 spiro atoms. The summed E-state index contributed by atoms with van der Waals surface area (Å²) in [6.45, 7) is 0. The zero-order valence-corrected chi connectivity index (χ0v) is 10.3. The van der Waals surface area contributed by atoms with Gasteiger partial charge in [-0.1, -0.05) is 48.5 Å². The fourth-order valence-electron chi connectivity index (χ4n) is 1.68. The molecule has 0 aliphatic rings. The van der Waals surface area contributed by atoms with E-state index >= 15 is 0 Å². The van der Waals surface area contributed by atoms with Crippen LogP contribution in [0.1, 0.15) is 5.56 Å². The summed E-state index contributed by atoms with van der Waals surface area (Å²) in [5.74, 6) is 0.183. The van der Waals surface area contributed by atoms with Gasteiger partial charge in [0.25, 0.3) is 6.29 Å². The second-order valence-corrected chi connectivity index (χ2v) is 4.06. The summed E-state index contributed by atoms with van der Waals surface area (Å²) in [7, 11) is 0. The number of carbonyl (C=O) groups is 1. The lowest BCUT2D eigenvalue weighted by Gasteiger charge is -2.11. The van der Waals surface area contributed by atoms with Crippen LogP contribution in [0.25, 0.3) is 0 Å². The van der Waals surface area contributed by atoms with Crippen LogP contribution in [0, 0.1) is 0 Å². The normalized spacial score (nSPS) is 11.6. The molecule has 1 atom stereocenters. The molecule has 2 aromatic rings. The molecule has 0 N–H and O–H groups in total. The zero-order chi connectivity index (χ0) is 13.5. The van der Waals surface area contributed by atoms with E-state index in [1.807, 2.05) is 36.4 Å². The minimum Gasteiger partial charge on any atom is -0.474 e. The van der Waals surface area contributed by atoms with Crippen LogP contribution in [-0.2, 0) is 16.0 Å². The molecule has 0 saturated heterocycles. The SMILES string of the molecule is O=[C]C(Oc1ccccc1)C(=O)Cc1ccccc1. The molecule has 3 nitrogen and oxygen atoms in total. The number of benzene rings is 2. The van der Waals surface area contributed by atoms with Crippen molar-refractivity contribution in [3.8, 4) is 5.75 Å². The lowest BCUT2D eigenvalue weighted by atomic mass is 10.1. The maximum Gasteiger partial charge on any atom is 0.250 e. The van der Waals surface area contributed by atoms with Gasteiger partial charge in [0, 0.05) is 6.42 Å². The van der Waals surface area contributed by atoms with Crippen molar-refractivity contribution in [2.75, 3.05) is 0 Å². The molecule has 0 aliphatic heterocycles. The highest BCUT2D eigenvalue weighted by molar-refractivity contribution is 5.97. The molecule has 0 bridgehead atoms. The molecule has 1 unspecified atom stereocenters. The van der Waals surface area contributed by atoms with Crippen LogP contribution < -0.4 is 4.74 Å². The lowest BCUT2D eigenvalue weighted by molar-refractivity contribution is -0.122. The molecule has 95 valence electrons. The number of ketones is 1. The molecule has 2 rings (SSSR count). The molecule has 0 aliphatic carbocycles. The van der Waals surface area contributed by atoms with Crippen LogP contribution in [0.15, 0.2) is 60.7 Å². The molecule has 0 fully saturated rings. The fourth-order valence-corrected chi connectivity index (χ4v) is 1.68. The highest BCUT2D eigenvalue weighted by Gasteiger charge is 2.20. The maximum absolute atomic E-state index is 12.0. The molecule has 19 heavy (non-hydrogen) atoms. The zero-order valence-electron chi connectivity index (χ0n) is 10.3. The predicted octanol–water partition coefficient (Wildman–Crippen LogP) is 2.36. The number of Topliss-reactive ketones (excluding diaryl/α,β-unsaturated/α-hetero) is 1. The van der Waals surface area contributed by atoms with E-state index in [1.54, 1.807) is 30.6 Å². The summed E-state index contributed by atoms with van der Waals surface area (Å²) in [4.78, 5) is 22.8. The summed E-state index contributed by atoms with van der Waals surface area (Å²) < 4.78 is 5.32. The summed E-state index contributed by atoms with van der Waals surface area (Å²) in [6, 6.07) is 18.0. The standard InChI is InChI=1S/C16H13O3/c17-12-16(19-14-9-5-2-6-10-14)15(18)11-13-7-3-1-4-8-13/h1-10,16H,11H2. The van der Waals surface area contributed by atoms with Crippen molar-refractivity contribution >= 4 is 12.1 Å². The second-order valence-electron chi connectivity index (χ2n) is 4.06. The van der Waals surface area contributed by atoms with E-state index in [-0.39, 0.29) is 12.2 Å². The fraction of sp³-hybridized carbons (Fsp3) is 0.125. The summed E-state index contributed by atoms with van der Waals surface area (Å²) in [5.41, 5.74) is 0.851. The van der Waals surface area contributed by atoms with E-state index in [0.29, 0.717) is 5.75 Å². The van der Waals surface area contributed by atoms with Gasteiger partial charge in [0.1, 0.15) is 5.75 Å². The summed E-state index contributed by atoms with van der Waals surface area (Å²) in [6.07, 6.45) is 0.631. The third-order valence-electron chi connectivity index (χ3n) is 2.62. The van der Waals surface area contributed by atoms with Crippen LogP contribution in [-0.4, -0.2) is 18.2 Å². The van der Waals surface area contributed by atoms with Crippen LogP contribution in [0.5, 0.6) is 5.75 Å². The molecule has 1 radical (unpaired) electrons. The molecule has 3 heteroatoms. The van der Waals surface area contributed by atoms with Gasteiger partial charge in [-0.2, -0.15) is 0 Å². The van der Waals surface area contributed by atoms with E-state index < -0.39 is 6.10 Å². The summed E-state index contributed by atoms with van der Waals surface area (Å²) in [5, 5.41) is 0. The van der Waals surface area contributed by atoms with Crippen LogP contribution >= 0.6 is 0 Å². The quantitative estimate of drug-likeness (QED) is 0.742. The minimum atomic E-state index is -1.18. The van der Waals surface area contributed by atoms with Crippen molar-refractivity contribution in [2.45, 2.75) is 12.5 Å². The molecular formula is C16H13O3. The Morgan fingerprint density at radius 3 is 2.16 bits per heavy atom. The van der Waals surface area contributed by atoms with Crippen molar-refractivity contribution in [3.63, 3.8) is 0 Å². The van der Waals surface area contributed by atoms with Gasteiger partial charge in [-0.05, 0) is 17.7 Å². The largest absolute Gasteiger partial charge is 0.474 e. The van der Waals surface area contributed by atoms with Crippen LogP contribution in [0.4, 0.5) is 0 Å². The van der Waals surface area contributed by atoms with Gasteiger partial charge >= 0.3 is 0 Å². The van der Waals surface area contributed by atoms with E-state index in [9.17, 15) is 9.59 Å². The third kappa shape index (κ3) is 3.78. The molecule has 0 heterocycles. The first-order chi connectivity index (χ1) is 9.29. The first-order valence-electron chi connectivity index (χ1n) is 5.95. The van der Waals surface area contributed by atoms with Gasteiger partial charge in [-0.25, -0.2) is 0 Å². The molecule has 0 saturated carbocycles. The van der Waals surface area contributed by atoms with E-state index in [1.165, 1.54) is 0 Å². The average molecular weight is 253 g/mol. The van der Waals surface area contributed by atoms with Crippen molar-refractivity contribution < 1.29 is 14.3 Å². The van der Waals surface area contributed by atoms with Crippen molar-refractivity contribution in [1.82, 2.24) is 0 Å². The lowest BCUT2D eigenvalue weighted by Crippen LogP contribution is -2.30. The van der Waals surface area contributed by atoms with Gasteiger partial charge in [0.15, 0.2) is 5.78 Å². The van der Waals surface area contributed by atoms with Gasteiger partial charge in [0.2, 0.25) is 6.10 Å². The summed E-state index contributed by atoms with van der Waals surface area (Å²) >= 11 is 0.